The van der Waals surface area contributed by atoms with Crippen molar-refractivity contribution in [1.82, 2.24) is 0 Å². The van der Waals surface area contributed by atoms with Gasteiger partial charge in [-0.25, -0.2) is 4.79 Å². The van der Waals surface area contributed by atoms with Crippen LogP contribution in [-0.2, 0) is 9.53 Å². The van der Waals surface area contributed by atoms with Gasteiger partial charge in [0.05, 0.1) is 6.61 Å². The van der Waals surface area contributed by atoms with Gasteiger partial charge in [0.15, 0.2) is 0 Å². The number of aliphatic hydroxyl groups excluding tert-OH is 1. The lowest BCUT2D eigenvalue weighted by molar-refractivity contribution is -0.138. The predicted molar refractivity (Wildman–Crippen MR) is 48.5 cm³/mol. The zero-order chi connectivity index (χ0) is 9.11. The molecule has 0 aliphatic rings. The minimum absolute atomic E-state index is 0.0465. The molecule has 0 atom stereocenters. The summed E-state index contributed by atoms with van der Waals surface area (Å²) in [6, 6.07) is 0. The molecule has 0 saturated carbocycles. The number of ether oxygens (including phenoxy) is 1. The molecule has 0 aromatic rings. The molecule has 0 amide bonds. The third kappa shape index (κ3) is 17.7. The Bertz CT molecular complexity index is 104. The van der Waals surface area contributed by atoms with Crippen LogP contribution in [-0.4, -0.2) is 33.8 Å². The summed E-state index contributed by atoms with van der Waals surface area (Å²) in [5, 5.41) is 8.10. The van der Waals surface area contributed by atoms with Gasteiger partial charge < -0.3 is 9.84 Å². The van der Waals surface area contributed by atoms with Crippen molar-refractivity contribution in [3.8, 4) is 0 Å². The predicted octanol–water partition coefficient (Wildman–Crippen LogP) is -0.0407. The highest BCUT2D eigenvalue weighted by atomic mass is 28.2. The fraction of sp³-hybridized carbons (Fsp3) is 0.571. The second kappa shape index (κ2) is 12.1. The Kier molecular flexibility index (Phi) is 14.3. The monoisotopic (exact) mass is 176 g/mol. The van der Waals surface area contributed by atoms with Gasteiger partial charge >= 0.3 is 5.97 Å². The van der Waals surface area contributed by atoms with Crippen LogP contribution in [0.4, 0.5) is 0 Å². The molecule has 0 heterocycles. The SMILES string of the molecule is C=CC(=O)OCCO.C[SiH2]C. The summed E-state index contributed by atoms with van der Waals surface area (Å²) in [5.74, 6) is -0.501. The molecule has 0 rings (SSSR count). The van der Waals surface area contributed by atoms with E-state index in [0.29, 0.717) is 9.52 Å². The number of aliphatic hydroxyl groups is 1. The first-order chi connectivity index (χ1) is 5.22. The lowest BCUT2D eigenvalue weighted by Gasteiger charge is -1.94. The first-order valence-corrected chi connectivity index (χ1v) is 6.45. The van der Waals surface area contributed by atoms with Gasteiger partial charge in [-0.15, -0.1) is 0 Å². The number of hydrogen-bond acceptors (Lipinski definition) is 3. The highest BCUT2D eigenvalue weighted by Gasteiger charge is 1.90. The maximum atomic E-state index is 10.1. The van der Waals surface area contributed by atoms with Crippen LogP contribution in [0.3, 0.4) is 0 Å². The van der Waals surface area contributed by atoms with Crippen LogP contribution in [0, 0.1) is 0 Å². The fourth-order valence-electron chi connectivity index (χ4n) is 0.205. The van der Waals surface area contributed by atoms with Crippen LogP contribution in [0.2, 0.25) is 13.1 Å². The first kappa shape index (κ1) is 13.0. The Morgan fingerprint density at radius 2 is 2.18 bits per heavy atom. The molecule has 0 saturated heterocycles. The number of esters is 1. The highest BCUT2D eigenvalue weighted by molar-refractivity contribution is 6.31. The van der Waals surface area contributed by atoms with Crippen molar-refractivity contribution in [1.29, 1.82) is 0 Å². The average Bonchev–Trinajstić information content (AvgIpc) is 2.02. The summed E-state index contributed by atoms with van der Waals surface area (Å²) in [6.07, 6.45) is 1.05. The van der Waals surface area contributed by atoms with Gasteiger partial charge in [-0.05, 0) is 0 Å². The van der Waals surface area contributed by atoms with Gasteiger partial charge in [0.25, 0.3) is 0 Å². The zero-order valence-electron chi connectivity index (χ0n) is 7.17. The van der Waals surface area contributed by atoms with Crippen LogP contribution >= 0.6 is 0 Å². The van der Waals surface area contributed by atoms with Gasteiger partial charge in [0.1, 0.15) is 6.61 Å². The Morgan fingerprint density at radius 3 is 2.45 bits per heavy atom. The molecule has 0 aromatic heterocycles. The van der Waals surface area contributed by atoms with E-state index in [1.54, 1.807) is 0 Å². The molecule has 3 nitrogen and oxygen atoms in total. The molecular weight excluding hydrogens is 160 g/mol. The van der Waals surface area contributed by atoms with Crippen LogP contribution in [0.5, 0.6) is 0 Å². The van der Waals surface area contributed by atoms with Gasteiger partial charge in [0.2, 0.25) is 0 Å². The zero-order valence-corrected chi connectivity index (χ0v) is 8.58. The molecule has 0 aliphatic heterocycles. The van der Waals surface area contributed by atoms with Crippen molar-refractivity contribution in [2.75, 3.05) is 13.2 Å². The summed E-state index contributed by atoms with van der Waals surface area (Å²) >= 11 is 0. The molecule has 0 fully saturated rings. The van der Waals surface area contributed by atoms with Gasteiger partial charge in [-0.1, -0.05) is 19.7 Å². The summed E-state index contributed by atoms with van der Waals surface area (Å²) in [5.41, 5.74) is 0. The lowest BCUT2D eigenvalue weighted by atomic mass is 10.6. The van der Waals surface area contributed by atoms with Gasteiger partial charge in [-0.2, -0.15) is 0 Å². The standard InChI is InChI=1S/C5H8O3.C2H8Si/c1-2-5(7)8-4-3-6;1-3-2/h2,6H,1,3-4H2;3H2,1-2H3. The van der Waals surface area contributed by atoms with Crippen LogP contribution in [0.25, 0.3) is 0 Å². The maximum Gasteiger partial charge on any atom is 0.330 e. The molecule has 0 aromatic carbocycles. The largest absolute Gasteiger partial charge is 0.460 e. The number of rotatable bonds is 3. The minimum atomic E-state index is -0.501. The van der Waals surface area contributed by atoms with Crippen molar-refractivity contribution in [3.05, 3.63) is 12.7 Å². The van der Waals surface area contributed by atoms with Crippen molar-refractivity contribution in [2.45, 2.75) is 13.1 Å². The van der Waals surface area contributed by atoms with Gasteiger partial charge in [0, 0.05) is 15.6 Å². The molecule has 4 heteroatoms. The molecule has 0 spiro atoms. The molecule has 0 bridgehead atoms. The summed E-state index contributed by atoms with van der Waals surface area (Å²) in [6.45, 7) is 7.59. The molecule has 1 N–H and O–H groups in total. The minimum Gasteiger partial charge on any atom is -0.460 e. The molecular formula is C7H16O3Si. The maximum absolute atomic E-state index is 10.1. The molecule has 0 aliphatic carbocycles. The van der Waals surface area contributed by atoms with Crippen molar-refractivity contribution >= 4 is 15.5 Å². The number of carbonyl (C=O) groups excluding carboxylic acids is 1. The molecule has 11 heavy (non-hydrogen) atoms. The van der Waals surface area contributed by atoms with E-state index in [9.17, 15) is 4.79 Å². The van der Waals surface area contributed by atoms with E-state index in [0.717, 1.165) is 6.08 Å². The van der Waals surface area contributed by atoms with Crippen LogP contribution in [0.1, 0.15) is 0 Å². The van der Waals surface area contributed by atoms with E-state index < -0.39 is 5.97 Å². The fourth-order valence-corrected chi connectivity index (χ4v) is 0.205. The van der Waals surface area contributed by atoms with E-state index in [1.807, 2.05) is 0 Å². The number of hydrogen-bond donors (Lipinski definition) is 1. The van der Waals surface area contributed by atoms with E-state index >= 15 is 0 Å². The van der Waals surface area contributed by atoms with Crippen molar-refractivity contribution in [2.24, 2.45) is 0 Å². The highest BCUT2D eigenvalue weighted by Crippen LogP contribution is 1.75. The molecule has 66 valence electrons. The second-order valence-electron chi connectivity index (χ2n) is 1.80. The Balaban J connectivity index is 0. The topological polar surface area (TPSA) is 46.5 Å². The lowest BCUT2D eigenvalue weighted by Crippen LogP contribution is -2.04. The van der Waals surface area contributed by atoms with Crippen LogP contribution < -0.4 is 0 Å². The van der Waals surface area contributed by atoms with E-state index in [-0.39, 0.29) is 13.2 Å². The second-order valence-corrected chi connectivity index (χ2v) is 3.22. The summed E-state index contributed by atoms with van der Waals surface area (Å²) < 4.78 is 4.33. The van der Waals surface area contributed by atoms with Crippen molar-refractivity contribution < 1.29 is 14.6 Å². The number of carbonyl (C=O) groups is 1. The Morgan fingerprint density at radius 1 is 1.73 bits per heavy atom. The third-order valence-corrected chi connectivity index (χ3v) is 0.502. The Hall–Kier alpha value is -0.613. The van der Waals surface area contributed by atoms with E-state index in [2.05, 4.69) is 24.4 Å². The summed E-state index contributed by atoms with van der Waals surface area (Å²) in [4.78, 5) is 10.1. The normalized spacial score (nSPS) is 7.55. The quantitative estimate of drug-likeness (QED) is 0.373. The summed E-state index contributed by atoms with van der Waals surface area (Å²) in [7, 11) is 0.417. The van der Waals surface area contributed by atoms with Gasteiger partial charge in [-0.3, -0.25) is 0 Å². The molecule has 0 radical (unpaired) electrons. The van der Waals surface area contributed by atoms with E-state index in [1.165, 1.54) is 0 Å². The van der Waals surface area contributed by atoms with Crippen molar-refractivity contribution in [3.63, 3.8) is 0 Å². The molecule has 0 unspecified atom stereocenters. The smallest absolute Gasteiger partial charge is 0.330 e. The van der Waals surface area contributed by atoms with Crippen LogP contribution in [0.15, 0.2) is 12.7 Å². The third-order valence-electron chi connectivity index (χ3n) is 0.502. The Labute approximate surface area is 69.9 Å². The average molecular weight is 176 g/mol. The first-order valence-electron chi connectivity index (χ1n) is 3.62. The van der Waals surface area contributed by atoms with E-state index in [4.69, 9.17) is 5.11 Å².